The lowest BCUT2D eigenvalue weighted by atomic mass is 9.82. The van der Waals surface area contributed by atoms with Gasteiger partial charge in [0.15, 0.2) is 5.78 Å². The molecule has 2 aliphatic heterocycles. The molecule has 1 aromatic rings. The van der Waals surface area contributed by atoms with Crippen LogP contribution in [0, 0.1) is 29.1 Å². The van der Waals surface area contributed by atoms with Gasteiger partial charge >= 0.3 is 12.1 Å². The molecule has 2 heterocycles. The highest BCUT2D eigenvalue weighted by Crippen LogP contribution is 2.35. The predicted octanol–water partition coefficient (Wildman–Crippen LogP) is 3.03. The number of likely N-dealkylation sites (tertiary alicyclic amines) is 1. The zero-order valence-corrected chi connectivity index (χ0v) is 32.9. The summed E-state index contributed by atoms with van der Waals surface area (Å²) in [5.74, 6) is -1.01. The average molecular weight is 761 g/mol. The third kappa shape index (κ3) is 11.2. The second-order valence-electron chi connectivity index (χ2n) is 16.7. The number of benzene rings is 1. The molecule has 3 aliphatic rings. The first-order chi connectivity index (χ1) is 25.8. The zero-order chi connectivity index (χ0) is 40.7. The Hall–Kier alpha value is -5.19. The van der Waals surface area contributed by atoms with Crippen LogP contribution in [-0.2, 0) is 41.7 Å². The fourth-order valence-electron chi connectivity index (χ4n) is 6.85. The Morgan fingerprint density at radius 1 is 0.964 bits per heavy atom. The Labute approximate surface area is 323 Å². The number of Topliss-reactive ketones (excluding diaryl/α,β-unsaturated/α-hetero) is 2. The minimum atomic E-state index is -1.30. The predicted molar refractivity (Wildman–Crippen MR) is 205 cm³/mol. The maximum Gasteiger partial charge on any atom is 0.410 e. The van der Waals surface area contributed by atoms with Crippen molar-refractivity contribution in [1.82, 2.24) is 31.1 Å². The van der Waals surface area contributed by atoms with E-state index in [0.29, 0.717) is 19.5 Å². The number of terminal acetylenes is 1. The maximum absolute atomic E-state index is 14.6. The molecule has 0 bridgehead atoms. The van der Waals surface area contributed by atoms with Crippen molar-refractivity contribution in [2.45, 2.75) is 117 Å². The summed E-state index contributed by atoms with van der Waals surface area (Å²) in [6, 6.07) is 2.53. The van der Waals surface area contributed by atoms with Gasteiger partial charge in [-0.25, -0.2) is 9.59 Å². The van der Waals surface area contributed by atoms with E-state index >= 15 is 0 Å². The molecular weight excluding hydrogens is 704 g/mol. The highest BCUT2D eigenvalue weighted by atomic mass is 16.6. The standard InChI is InChI=1S/C41H56N6O8/c1-9-11-16-29(32(49)36(51)42-20-10-2)43-35(50)30-22-28(55-39(54)46-21-19-25-14-12-13-15-27(25)23-46)24-47(30)37(52)34(41(6,7)8)45-38(53)44-33(40(3,4)5)31(48)26-17-18-26/h1,10,12-15,26,28-30,33-34H,2,11,16-24H2,3-8H3,(H,42,51)(H,43,50)(H2,44,45,53)/t28-,29?,30+,33-,34-/m1/s1. The summed E-state index contributed by atoms with van der Waals surface area (Å²) in [7, 11) is 0. The van der Waals surface area contributed by atoms with E-state index < -0.39 is 76.7 Å². The number of carbonyl (C=O) groups excluding carboxylic acids is 7. The second kappa shape index (κ2) is 18.0. The largest absolute Gasteiger partial charge is 0.444 e. The van der Waals surface area contributed by atoms with E-state index in [-0.39, 0.29) is 44.1 Å². The van der Waals surface area contributed by atoms with Crippen molar-refractivity contribution in [2.75, 3.05) is 19.6 Å². The molecular formula is C41H56N6O8. The fourth-order valence-corrected chi connectivity index (χ4v) is 6.85. The number of nitrogens with one attached hydrogen (secondary N) is 4. The molecule has 0 aromatic heterocycles. The zero-order valence-electron chi connectivity index (χ0n) is 32.9. The first-order valence-electron chi connectivity index (χ1n) is 19.0. The maximum atomic E-state index is 14.6. The van der Waals surface area contributed by atoms with Gasteiger partial charge < -0.3 is 35.8 Å². The molecule has 55 heavy (non-hydrogen) atoms. The minimum absolute atomic E-state index is 0.0287. The summed E-state index contributed by atoms with van der Waals surface area (Å²) in [6.07, 6.45) is 7.42. The van der Waals surface area contributed by atoms with Gasteiger partial charge in [0.1, 0.15) is 18.2 Å². The highest BCUT2D eigenvalue weighted by molar-refractivity contribution is 6.38. The number of ether oxygens (including phenoxy) is 1. The summed E-state index contributed by atoms with van der Waals surface area (Å²) < 4.78 is 5.93. The summed E-state index contributed by atoms with van der Waals surface area (Å²) in [6.45, 7) is 14.9. The quantitative estimate of drug-likeness (QED) is 0.127. The Balaban J connectivity index is 1.59. The fraction of sp³-hybridized carbons (Fsp3) is 0.585. The first kappa shape index (κ1) is 42.6. The van der Waals surface area contributed by atoms with E-state index in [1.54, 1.807) is 25.7 Å². The van der Waals surface area contributed by atoms with Gasteiger partial charge in [-0.1, -0.05) is 71.9 Å². The average Bonchev–Trinajstić information content (AvgIpc) is 3.90. The SMILES string of the molecule is C#CCCC(NC(=O)[C@@H]1C[C@@H](OC(=O)N2CCc3ccccc3C2)CN1C(=O)[C@@H](NC(=O)N[C@H](C(=O)C1CC1)C(C)(C)C)C(C)(C)C)C(=O)C(=O)NCC=C. The molecule has 1 saturated heterocycles. The highest BCUT2D eigenvalue weighted by Gasteiger charge is 2.48. The number of hydrogen-bond donors (Lipinski definition) is 4. The van der Waals surface area contributed by atoms with Crippen molar-refractivity contribution in [1.29, 1.82) is 0 Å². The van der Waals surface area contributed by atoms with Crippen LogP contribution in [0.25, 0.3) is 0 Å². The van der Waals surface area contributed by atoms with Gasteiger partial charge in [0, 0.05) is 38.4 Å². The van der Waals surface area contributed by atoms with Crippen molar-refractivity contribution >= 4 is 41.4 Å². The molecule has 4 N–H and O–H groups in total. The molecule has 14 heteroatoms. The summed E-state index contributed by atoms with van der Waals surface area (Å²) in [5.41, 5.74) is 0.650. The van der Waals surface area contributed by atoms with Crippen LogP contribution in [0.3, 0.4) is 0 Å². The molecule has 4 rings (SSSR count). The lowest BCUT2D eigenvalue weighted by Crippen LogP contribution is -2.62. The number of hydrogen-bond acceptors (Lipinski definition) is 8. The van der Waals surface area contributed by atoms with Crippen LogP contribution in [0.5, 0.6) is 0 Å². The number of nitrogens with zero attached hydrogens (tertiary/aromatic N) is 2. The van der Waals surface area contributed by atoms with E-state index in [4.69, 9.17) is 11.2 Å². The molecule has 5 atom stereocenters. The summed E-state index contributed by atoms with van der Waals surface area (Å²) in [5, 5.41) is 10.6. The van der Waals surface area contributed by atoms with Gasteiger partial charge in [-0.2, -0.15) is 0 Å². The normalized spacial score (nSPS) is 19.7. The van der Waals surface area contributed by atoms with Crippen LogP contribution in [0.2, 0.25) is 0 Å². The van der Waals surface area contributed by atoms with E-state index in [1.165, 1.54) is 11.0 Å². The molecule has 298 valence electrons. The lowest BCUT2D eigenvalue weighted by Gasteiger charge is -2.36. The Bertz CT molecular complexity index is 1700. The van der Waals surface area contributed by atoms with Gasteiger partial charge in [0.25, 0.3) is 5.91 Å². The Morgan fingerprint density at radius 3 is 2.20 bits per heavy atom. The first-order valence-corrected chi connectivity index (χ1v) is 19.0. The van der Waals surface area contributed by atoms with Gasteiger partial charge in [-0.05, 0) is 47.6 Å². The second-order valence-corrected chi connectivity index (χ2v) is 16.7. The Morgan fingerprint density at radius 2 is 1.60 bits per heavy atom. The molecule has 1 unspecified atom stereocenters. The van der Waals surface area contributed by atoms with Crippen LogP contribution in [0.4, 0.5) is 9.59 Å². The van der Waals surface area contributed by atoms with Gasteiger partial charge in [0.2, 0.25) is 17.6 Å². The van der Waals surface area contributed by atoms with E-state index in [0.717, 1.165) is 24.0 Å². The summed E-state index contributed by atoms with van der Waals surface area (Å²) in [4.78, 5) is 97.4. The molecule has 6 amide bonds. The van der Waals surface area contributed by atoms with Crippen LogP contribution >= 0.6 is 0 Å². The van der Waals surface area contributed by atoms with Gasteiger partial charge in [-0.15, -0.1) is 18.9 Å². The minimum Gasteiger partial charge on any atom is -0.444 e. The number of amides is 6. The van der Waals surface area contributed by atoms with Crippen molar-refractivity contribution in [3.8, 4) is 12.3 Å². The van der Waals surface area contributed by atoms with Crippen LogP contribution in [0.15, 0.2) is 36.9 Å². The molecule has 0 radical (unpaired) electrons. The van der Waals surface area contributed by atoms with Gasteiger partial charge in [0.05, 0.1) is 18.6 Å². The van der Waals surface area contributed by atoms with E-state index in [9.17, 15) is 33.6 Å². The number of rotatable bonds is 14. The summed E-state index contributed by atoms with van der Waals surface area (Å²) >= 11 is 0. The molecule has 0 spiro atoms. The third-order valence-corrected chi connectivity index (χ3v) is 10.1. The van der Waals surface area contributed by atoms with Crippen LogP contribution in [-0.4, -0.2) is 101 Å². The van der Waals surface area contributed by atoms with Crippen molar-refractivity contribution in [3.05, 3.63) is 48.0 Å². The number of fused-ring (bicyclic) bond motifs is 1. The lowest BCUT2D eigenvalue weighted by molar-refractivity contribution is -0.143. The van der Waals surface area contributed by atoms with Gasteiger partial charge in [-0.3, -0.25) is 24.0 Å². The number of ketones is 2. The van der Waals surface area contributed by atoms with E-state index in [2.05, 4.69) is 33.8 Å². The number of urea groups is 1. The smallest absolute Gasteiger partial charge is 0.410 e. The third-order valence-electron chi connectivity index (χ3n) is 10.1. The van der Waals surface area contributed by atoms with Crippen molar-refractivity contribution in [3.63, 3.8) is 0 Å². The molecule has 1 saturated carbocycles. The molecule has 2 fully saturated rings. The van der Waals surface area contributed by atoms with Crippen molar-refractivity contribution < 1.29 is 38.3 Å². The van der Waals surface area contributed by atoms with Crippen molar-refractivity contribution in [2.24, 2.45) is 16.7 Å². The number of carbonyl (C=O) groups is 7. The van der Waals surface area contributed by atoms with Crippen LogP contribution < -0.4 is 21.3 Å². The molecule has 14 nitrogen and oxygen atoms in total. The van der Waals surface area contributed by atoms with Crippen LogP contribution in [0.1, 0.15) is 84.8 Å². The monoisotopic (exact) mass is 760 g/mol. The van der Waals surface area contributed by atoms with E-state index in [1.807, 2.05) is 45.0 Å². The molecule has 1 aromatic carbocycles. The molecule has 1 aliphatic carbocycles. The Kier molecular flexibility index (Phi) is 13.9. The topological polar surface area (TPSA) is 183 Å².